The maximum absolute atomic E-state index is 5.77. The minimum Gasteiger partial charge on any atom is -0.383 e. The summed E-state index contributed by atoms with van der Waals surface area (Å²) in [5.41, 5.74) is 0.915. The number of rotatable bonds is 8. The van der Waals surface area contributed by atoms with Gasteiger partial charge in [0, 0.05) is 26.1 Å². The number of hydrogen-bond donors (Lipinski definition) is 0. The zero-order valence-corrected chi connectivity index (χ0v) is 12.1. The molecular weight excluding hydrogens is 260 g/mol. The third-order valence-corrected chi connectivity index (χ3v) is 3.60. The van der Waals surface area contributed by atoms with Crippen LogP contribution in [0.25, 0.3) is 0 Å². The van der Waals surface area contributed by atoms with Gasteiger partial charge >= 0.3 is 0 Å². The minimum absolute atomic E-state index is 0.268. The van der Waals surface area contributed by atoms with E-state index in [4.69, 9.17) is 21.1 Å². The molecule has 0 aliphatic heterocycles. The molecule has 0 aromatic carbocycles. The molecule has 0 saturated heterocycles. The van der Waals surface area contributed by atoms with E-state index in [1.165, 1.54) is 0 Å². The predicted molar refractivity (Wildman–Crippen MR) is 72.2 cm³/mol. The first kappa shape index (κ1) is 14.7. The molecule has 0 N–H and O–H groups in total. The van der Waals surface area contributed by atoms with Crippen molar-refractivity contribution in [2.75, 3.05) is 38.9 Å². The number of thiazole rings is 1. The van der Waals surface area contributed by atoms with Crippen molar-refractivity contribution in [3.8, 4) is 0 Å². The number of hydrogen-bond acceptors (Lipinski definition) is 5. The smallest absolute Gasteiger partial charge is 0.185 e. The second-order valence-electron chi connectivity index (χ2n) is 3.75. The average Bonchev–Trinajstić information content (AvgIpc) is 2.78. The van der Waals surface area contributed by atoms with Crippen LogP contribution in [0.15, 0.2) is 5.38 Å². The van der Waals surface area contributed by atoms with Crippen molar-refractivity contribution in [3.63, 3.8) is 0 Å². The summed E-state index contributed by atoms with van der Waals surface area (Å²) in [7, 11) is 3.41. The summed E-state index contributed by atoms with van der Waals surface area (Å²) in [5.74, 6) is 0.452. The summed E-state index contributed by atoms with van der Waals surface area (Å²) >= 11 is 7.37. The van der Waals surface area contributed by atoms with E-state index in [9.17, 15) is 0 Å². The molecule has 0 spiro atoms. The first-order chi connectivity index (χ1) is 8.22. The third-order valence-electron chi connectivity index (χ3n) is 2.40. The maximum Gasteiger partial charge on any atom is 0.185 e. The Morgan fingerprint density at radius 2 is 2.24 bits per heavy atom. The zero-order valence-electron chi connectivity index (χ0n) is 10.5. The van der Waals surface area contributed by atoms with E-state index < -0.39 is 0 Å². The number of halogens is 1. The van der Waals surface area contributed by atoms with E-state index in [-0.39, 0.29) is 6.04 Å². The van der Waals surface area contributed by atoms with Crippen molar-refractivity contribution in [2.24, 2.45) is 0 Å². The number of aromatic nitrogens is 1. The Morgan fingerprint density at radius 3 is 2.76 bits per heavy atom. The fourth-order valence-electron chi connectivity index (χ4n) is 1.51. The Kier molecular flexibility index (Phi) is 6.80. The standard InChI is InChI=1S/C11H19ClN2O2S/c1-9(7-16-3)14(4-5-15-2)11-13-10(6-12)8-17-11/h8-9H,4-7H2,1-3H3. The van der Waals surface area contributed by atoms with Gasteiger partial charge in [0.2, 0.25) is 0 Å². The van der Waals surface area contributed by atoms with Crippen molar-refractivity contribution >= 4 is 28.1 Å². The van der Waals surface area contributed by atoms with Crippen LogP contribution in [0.2, 0.25) is 0 Å². The van der Waals surface area contributed by atoms with Crippen molar-refractivity contribution in [1.82, 2.24) is 4.98 Å². The lowest BCUT2D eigenvalue weighted by Gasteiger charge is -2.28. The highest BCUT2D eigenvalue weighted by atomic mass is 35.5. The van der Waals surface area contributed by atoms with Crippen LogP contribution < -0.4 is 4.90 Å². The van der Waals surface area contributed by atoms with Gasteiger partial charge in [0.05, 0.1) is 30.8 Å². The van der Waals surface area contributed by atoms with E-state index in [0.717, 1.165) is 17.4 Å². The molecule has 17 heavy (non-hydrogen) atoms. The lowest BCUT2D eigenvalue weighted by atomic mass is 10.3. The van der Waals surface area contributed by atoms with Crippen LogP contribution in [0.1, 0.15) is 12.6 Å². The van der Waals surface area contributed by atoms with Crippen molar-refractivity contribution in [1.29, 1.82) is 0 Å². The quantitative estimate of drug-likeness (QED) is 0.684. The van der Waals surface area contributed by atoms with Crippen LogP contribution in [0.4, 0.5) is 5.13 Å². The number of alkyl halides is 1. The lowest BCUT2D eigenvalue weighted by molar-refractivity contribution is 0.171. The van der Waals surface area contributed by atoms with Gasteiger partial charge < -0.3 is 14.4 Å². The molecule has 1 rings (SSSR count). The van der Waals surface area contributed by atoms with Gasteiger partial charge in [-0.05, 0) is 6.92 Å². The molecule has 1 aromatic heterocycles. The lowest BCUT2D eigenvalue weighted by Crippen LogP contribution is -2.38. The third kappa shape index (κ3) is 4.43. The van der Waals surface area contributed by atoms with E-state index in [1.807, 2.05) is 5.38 Å². The van der Waals surface area contributed by atoms with Gasteiger partial charge in [0.1, 0.15) is 0 Å². The van der Waals surface area contributed by atoms with Crippen molar-refractivity contribution in [3.05, 3.63) is 11.1 Å². The van der Waals surface area contributed by atoms with E-state index in [1.54, 1.807) is 25.6 Å². The van der Waals surface area contributed by atoms with E-state index in [2.05, 4.69) is 16.8 Å². The molecule has 4 nitrogen and oxygen atoms in total. The van der Waals surface area contributed by atoms with Crippen molar-refractivity contribution < 1.29 is 9.47 Å². The first-order valence-electron chi connectivity index (χ1n) is 5.47. The Balaban J connectivity index is 2.73. The molecular formula is C11H19ClN2O2S. The van der Waals surface area contributed by atoms with Crippen LogP contribution in [0.5, 0.6) is 0 Å². The SMILES string of the molecule is COCCN(c1nc(CCl)cs1)C(C)COC. The molecule has 1 aromatic rings. The van der Waals surface area contributed by atoms with Crippen LogP contribution >= 0.6 is 22.9 Å². The molecule has 0 amide bonds. The zero-order chi connectivity index (χ0) is 12.7. The molecule has 0 aliphatic rings. The molecule has 98 valence electrons. The second kappa shape index (κ2) is 7.87. The Morgan fingerprint density at radius 1 is 1.47 bits per heavy atom. The summed E-state index contributed by atoms with van der Waals surface area (Å²) in [6, 6.07) is 0.268. The van der Waals surface area contributed by atoms with Gasteiger partial charge in [0.15, 0.2) is 5.13 Å². The molecule has 1 unspecified atom stereocenters. The van der Waals surface area contributed by atoms with Crippen molar-refractivity contribution in [2.45, 2.75) is 18.8 Å². The maximum atomic E-state index is 5.77. The normalized spacial score (nSPS) is 12.7. The second-order valence-corrected chi connectivity index (χ2v) is 4.85. The first-order valence-corrected chi connectivity index (χ1v) is 6.89. The molecule has 0 fully saturated rings. The van der Waals surface area contributed by atoms with Crippen LogP contribution in [-0.4, -0.2) is 45.0 Å². The van der Waals surface area contributed by atoms with Crippen LogP contribution in [-0.2, 0) is 15.4 Å². The summed E-state index contributed by atoms with van der Waals surface area (Å²) in [5, 5.41) is 2.96. The van der Waals surface area contributed by atoms with Gasteiger partial charge in [-0.15, -0.1) is 22.9 Å². The van der Waals surface area contributed by atoms with E-state index >= 15 is 0 Å². The monoisotopic (exact) mass is 278 g/mol. The van der Waals surface area contributed by atoms with Crippen LogP contribution in [0, 0.1) is 0 Å². The highest BCUT2D eigenvalue weighted by molar-refractivity contribution is 7.13. The Labute approximate surface area is 112 Å². The number of ether oxygens (including phenoxy) is 2. The number of anilines is 1. The summed E-state index contributed by atoms with van der Waals surface area (Å²) < 4.78 is 10.3. The molecule has 1 heterocycles. The topological polar surface area (TPSA) is 34.6 Å². The Bertz CT molecular complexity index is 322. The summed E-state index contributed by atoms with van der Waals surface area (Å²) in [6.45, 7) is 4.25. The number of nitrogens with zero attached hydrogens (tertiary/aromatic N) is 2. The van der Waals surface area contributed by atoms with Gasteiger partial charge in [-0.1, -0.05) is 0 Å². The predicted octanol–water partition coefficient (Wildman–Crippen LogP) is 2.37. The molecule has 0 bridgehead atoms. The largest absolute Gasteiger partial charge is 0.383 e. The van der Waals surface area contributed by atoms with Gasteiger partial charge in [-0.3, -0.25) is 0 Å². The molecule has 0 aliphatic carbocycles. The highest BCUT2D eigenvalue weighted by Crippen LogP contribution is 2.23. The van der Waals surface area contributed by atoms with Crippen LogP contribution in [0.3, 0.4) is 0 Å². The Hall–Kier alpha value is -0.360. The fraction of sp³-hybridized carbons (Fsp3) is 0.727. The molecule has 0 saturated carbocycles. The summed E-state index contributed by atoms with van der Waals surface area (Å²) in [4.78, 5) is 6.67. The molecule has 6 heteroatoms. The van der Waals surface area contributed by atoms with Gasteiger partial charge in [0.25, 0.3) is 0 Å². The average molecular weight is 279 g/mol. The number of methoxy groups -OCH3 is 2. The van der Waals surface area contributed by atoms with Gasteiger partial charge in [-0.25, -0.2) is 4.98 Å². The molecule has 1 atom stereocenters. The minimum atomic E-state index is 0.268. The fourth-order valence-corrected chi connectivity index (χ4v) is 2.70. The summed E-state index contributed by atoms with van der Waals surface area (Å²) in [6.07, 6.45) is 0. The highest BCUT2D eigenvalue weighted by Gasteiger charge is 2.17. The molecule has 0 radical (unpaired) electrons. The van der Waals surface area contributed by atoms with E-state index in [0.29, 0.717) is 19.1 Å². The van der Waals surface area contributed by atoms with Gasteiger partial charge in [-0.2, -0.15) is 0 Å².